The van der Waals surface area contributed by atoms with Crippen LogP contribution < -0.4 is 9.47 Å². The predicted octanol–water partition coefficient (Wildman–Crippen LogP) is 4.39. The van der Waals surface area contributed by atoms with E-state index < -0.39 is 5.97 Å². The molecular weight excluding hydrogens is 292 g/mol. The molecule has 4 nitrogen and oxygen atoms in total. The number of carboxylic acids is 1. The van der Waals surface area contributed by atoms with Gasteiger partial charge in [0.25, 0.3) is 0 Å². The number of rotatable bonds is 5. The summed E-state index contributed by atoms with van der Waals surface area (Å²) in [6, 6.07) is 3.00. The maximum atomic E-state index is 11.4. The largest absolute Gasteiger partial charge is 0.493 e. The molecule has 0 radical (unpaired) electrons. The molecule has 5 heteroatoms. The quantitative estimate of drug-likeness (QED) is 0.875. The Morgan fingerprint density at radius 2 is 2.10 bits per heavy atom. The monoisotopic (exact) mass is 312 g/mol. The minimum absolute atomic E-state index is 0.0388. The molecule has 2 unspecified atom stereocenters. The third-order valence-electron chi connectivity index (χ3n) is 4.10. The lowest BCUT2D eigenvalue weighted by atomic mass is 9.84. The molecule has 1 aromatic carbocycles. The van der Waals surface area contributed by atoms with Crippen LogP contribution in [0.3, 0.4) is 0 Å². The Bertz CT molecular complexity index is 515. The molecule has 0 aromatic heterocycles. The molecule has 0 spiro atoms. The Morgan fingerprint density at radius 1 is 1.38 bits per heavy atom. The first kappa shape index (κ1) is 16.0. The maximum absolute atomic E-state index is 11.4. The van der Waals surface area contributed by atoms with Crippen molar-refractivity contribution in [1.82, 2.24) is 0 Å². The van der Waals surface area contributed by atoms with Gasteiger partial charge in [0.15, 0.2) is 11.5 Å². The molecule has 1 N–H and O–H groups in total. The van der Waals surface area contributed by atoms with Crippen LogP contribution in [0.2, 0.25) is 5.02 Å². The van der Waals surface area contributed by atoms with E-state index in [2.05, 4.69) is 6.92 Å². The van der Waals surface area contributed by atoms with Crippen LogP contribution in [-0.4, -0.2) is 24.3 Å². The number of hydrogen-bond donors (Lipinski definition) is 1. The van der Waals surface area contributed by atoms with Crippen LogP contribution in [0.5, 0.6) is 11.5 Å². The van der Waals surface area contributed by atoms with E-state index >= 15 is 0 Å². The summed E-state index contributed by atoms with van der Waals surface area (Å²) in [5.41, 5.74) is 0.0553. The van der Waals surface area contributed by atoms with Crippen LogP contribution in [0, 0.1) is 5.92 Å². The van der Waals surface area contributed by atoms with E-state index in [4.69, 9.17) is 21.1 Å². The van der Waals surface area contributed by atoms with Crippen molar-refractivity contribution in [2.45, 2.75) is 45.1 Å². The highest BCUT2D eigenvalue weighted by atomic mass is 35.5. The number of halogens is 1. The van der Waals surface area contributed by atoms with Crippen molar-refractivity contribution in [1.29, 1.82) is 0 Å². The second-order valence-electron chi connectivity index (χ2n) is 5.40. The Hall–Kier alpha value is -1.42. The van der Waals surface area contributed by atoms with Gasteiger partial charge in [-0.05, 0) is 37.7 Å². The Kier molecular flexibility index (Phi) is 5.34. The van der Waals surface area contributed by atoms with E-state index in [1.54, 1.807) is 6.07 Å². The number of methoxy groups -OCH3 is 1. The smallest absolute Gasteiger partial charge is 0.339 e. The molecule has 2 atom stereocenters. The topological polar surface area (TPSA) is 55.8 Å². The van der Waals surface area contributed by atoms with E-state index in [9.17, 15) is 9.90 Å². The number of carboxylic acid groups (broad SMARTS) is 1. The average Bonchev–Trinajstić information content (AvgIpc) is 2.48. The fourth-order valence-electron chi connectivity index (χ4n) is 2.95. The maximum Gasteiger partial charge on any atom is 0.339 e. The molecule has 1 saturated carbocycles. The molecule has 21 heavy (non-hydrogen) atoms. The van der Waals surface area contributed by atoms with E-state index in [1.807, 2.05) is 0 Å². The van der Waals surface area contributed by atoms with E-state index in [0.717, 1.165) is 25.7 Å². The molecule has 1 aliphatic carbocycles. The zero-order valence-electron chi connectivity index (χ0n) is 12.4. The highest BCUT2D eigenvalue weighted by Crippen LogP contribution is 2.38. The first-order valence-corrected chi connectivity index (χ1v) is 7.72. The van der Waals surface area contributed by atoms with Gasteiger partial charge in [0, 0.05) is 11.1 Å². The summed E-state index contributed by atoms with van der Waals surface area (Å²) >= 11 is 5.94. The predicted molar refractivity (Wildman–Crippen MR) is 81.6 cm³/mol. The lowest BCUT2D eigenvalue weighted by Gasteiger charge is -2.32. The molecular formula is C16H21ClO4. The molecule has 116 valence electrons. The molecule has 0 bridgehead atoms. The van der Waals surface area contributed by atoms with Crippen molar-refractivity contribution in [2.75, 3.05) is 7.11 Å². The van der Waals surface area contributed by atoms with Crippen molar-refractivity contribution >= 4 is 17.6 Å². The van der Waals surface area contributed by atoms with Crippen LogP contribution in [0.25, 0.3) is 0 Å². The first-order chi connectivity index (χ1) is 10.1. The molecule has 0 saturated heterocycles. The molecule has 0 aliphatic heterocycles. The summed E-state index contributed by atoms with van der Waals surface area (Å²) in [6.45, 7) is 2.14. The second kappa shape index (κ2) is 7.03. The van der Waals surface area contributed by atoms with Crippen LogP contribution in [-0.2, 0) is 0 Å². The van der Waals surface area contributed by atoms with Gasteiger partial charge in [-0.25, -0.2) is 4.79 Å². The molecule has 1 fully saturated rings. The zero-order chi connectivity index (χ0) is 15.4. The fourth-order valence-corrected chi connectivity index (χ4v) is 3.16. The minimum atomic E-state index is -1.06. The van der Waals surface area contributed by atoms with Gasteiger partial charge < -0.3 is 14.6 Å². The minimum Gasteiger partial charge on any atom is -0.493 e. The van der Waals surface area contributed by atoms with Gasteiger partial charge in [0.05, 0.1) is 7.11 Å². The van der Waals surface area contributed by atoms with Gasteiger partial charge in [-0.2, -0.15) is 0 Å². The lowest BCUT2D eigenvalue weighted by molar-refractivity contribution is 0.0658. The van der Waals surface area contributed by atoms with Gasteiger partial charge in [0.2, 0.25) is 0 Å². The van der Waals surface area contributed by atoms with Gasteiger partial charge >= 0.3 is 5.97 Å². The summed E-state index contributed by atoms with van der Waals surface area (Å²) < 4.78 is 11.3. The summed E-state index contributed by atoms with van der Waals surface area (Å²) in [7, 11) is 1.49. The van der Waals surface area contributed by atoms with Crippen molar-refractivity contribution in [3.8, 4) is 11.5 Å². The Morgan fingerprint density at radius 3 is 2.71 bits per heavy atom. The fraction of sp³-hybridized carbons (Fsp3) is 0.562. The van der Waals surface area contributed by atoms with Crippen LogP contribution in [0.15, 0.2) is 12.1 Å². The third kappa shape index (κ3) is 3.62. The normalized spacial score (nSPS) is 21.9. The highest BCUT2D eigenvalue weighted by molar-refractivity contribution is 6.31. The van der Waals surface area contributed by atoms with Crippen LogP contribution >= 0.6 is 11.6 Å². The first-order valence-electron chi connectivity index (χ1n) is 7.34. The van der Waals surface area contributed by atoms with E-state index in [-0.39, 0.29) is 11.7 Å². The third-order valence-corrected chi connectivity index (χ3v) is 4.32. The molecule has 1 aliphatic rings. The zero-order valence-corrected chi connectivity index (χ0v) is 13.2. The van der Waals surface area contributed by atoms with E-state index in [1.165, 1.54) is 19.6 Å². The van der Waals surface area contributed by atoms with Crippen molar-refractivity contribution < 1.29 is 19.4 Å². The number of benzene rings is 1. The summed E-state index contributed by atoms with van der Waals surface area (Å²) in [4.78, 5) is 11.4. The van der Waals surface area contributed by atoms with Gasteiger partial charge in [-0.3, -0.25) is 0 Å². The number of ether oxygens (including phenoxy) is 2. The molecule has 2 rings (SSSR count). The van der Waals surface area contributed by atoms with E-state index in [0.29, 0.717) is 22.4 Å². The standard InChI is InChI=1S/C16H21ClO4/c1-3-10-6-4-5-7-13(10)21-15-12(16(18)19)8-11(17)9-14(15)20-2/h8-10,13H,3-7H2,1-2H3,(H,18,19). The Labute approximate surface area is 130 Å². The summed E-state index contributed by atoms with van der Waals surface area (Å²) in [6.07, 6.45) is 5.46. The molecule has 1 aromatic rings. The lowest BCUT2D eigenvalue weighted by Crippen LogP contribution is -2.30. The number of hydrogen-bond acceptors (Lipinski definition) is 3. The van der Waals surface area contributed by atoms with Crippen molar-refractivity contribution in [2.24, 2.45) is 5.92 Å². The van der Waals surface area contributed by atoms with Gasteiger partial charge in [-0.1, -0.05) is 24.9 Å². The highest BCUT2D eigenvalue weighted by Gasteiger charge is 2.28. The van der Waals surface area contributed by atoms with Crippen LogP contribution in [0.4, 0.5) is 0 Å². The second-order valence-corrected chi connectivity index (χ2v) is 5.84. The molecule has 0 heterocycles. The van der Waals surface area contributed by atoms with Gasteiger partial charge in [-0.15, -0.1) is 0 Å². The molecule has 0 amide bonds. The van der Waals surface area contributed by atoms with Crippen molar-refractivity contribution in [3.05, 3.63) is 22.7 Å². The Balaban J connectivity index is 2.35. The summed E-state index contributed by atoms with van der Waals surface area (Å²) in [5.74, 6) is 0.0653. The average molecular weight is 313 g/mol. The number of aromatic carboxylic acids is 1. The van der Waals surface area contributed by atoms with Crippen molar-refractivity contribution in [3.63, 3.8) is 0 Å². The SMILES string of the molecule is CCC1CCCCC1Oc1c(OC)cc(Cl)cc1C(=O)O. The number of carbonyl (C=O) groups is 1. The summed E-state index contributed by atoms with van der Waals surface area (Å²) in [5, 5.41) is 9.69. The van der Waals surface area contributed by atoms with Gasteiger partial charge in [0.1, 0.15) is 11.7 Å². The van der Waals surface area contributed by atoms with Crippen LogP contribution in [0.1, 0.15) is 49.4 Å².